The molecule has 8 heteroatoms. The number of hydrogen-bond donors (Lipinski definition) is 0. The summed E-state index contributed by atoms with van der Waals surface area (Å²) in [6.45, 7) is 1.36. The smallest absolute Gasteiger partial charge is 0.360 e. The van der Waals surface area contributed by atoms with Crippen molar-refractivity contribution in [3.8, 4) is 0 Å². The minimum absolute atomic E-state index is 0.130. The van der Waals surface area contributed by atoms with Gasteiger partial charge in [0.15, 0.2) is 0 Å². The molecule has 0 fully saturated rings. The van der Waals surface area contributed by atoms with Gasteiger partial charge in [-0.2, -0.15) is 0 Å². The lowest BCUT2D eigenvalue weighted by Crippen LogP contribution is -2.45. The first-order valence-corrected chi connectivity index (χ1v) is 10.2. The number of thiazole rings is 1. The Morgan fingerprint density at radius 1 is 1.15 bits per heavy atom. The third-order valence-electron chi connectivity index (χ3n) is 3.78. The minimum atomic E-state index is -4.72. The van der Waals surface area contributed by atoms with Crippen LogP contribution in [0.2, 0.25) is 0 Å². The molecule has 0 saturated heterocycles. The quantitative estimate of drug-likeness (QED) is 0.599. The van der Waals surface area contributed by atoms with Crippen LogP contribution in [-0.4, -0.2) is 31.0 Å². The summed E-state index contributed by atoms with van der Waals surface area (Å²) in [4.78, 5) is 16.3. The molecule has 3 aromatic rings. The topological polar surface area (TPSA) is 73.3 Å². The van der Waals surface area contributed by atoms with Gasteiger partial charge in [0.05, 0.1) is 16.8 Å². The van der Waals surface area contributed by atoms with Gasteiger partial charge in [-0.05, 0) is 24.6 Å². The number of alkyl halides is 1. The van der Waals surface area contributed by atoms with Crippen LogP contribution in [0.15, 0.2) is 58.9 Å². The van der Waals surface area contributed by atoms with E-state index < -0.39 is 31.6 Å². The molecular weight excluding hydrogens is 377 g/mol. The van der Waals surface area contributed by atoms with Crippen molar-refractivity contribution in [1.29, 1.82) is 0 Å². The van der Waals surface area contributed by atoms with Gasteiger partial charge in [0.25, 0.3) is 9.84 Å². The van der Waals surface area contributed by atoms with E-state index in [1.54, 1.807) is 54.6 Å². The lowest BCUT2D eigenvalue weighted by Gasteiger charge is -2.22. The Labute approximate surface area is 154 Å². The molecule has 0 aliphatic carbocycles. The summed E-state index contributed by atoms with van der Waals surface area (Å²) in [5.41, 5.74) is 0.801. The number of esters is 1. The Hall–Kier alpha value is -2.32. The SMILES string of the molecule is CCOC(=O)C(F)(Cc1ccccc1)S(=O)(=O)c1nc2ccccc2s1. The van der Waals surface area contributed by atoms with E-state index in [0.29, 0.717) is 15.8 Å². The molecule has 0 bridgehead atoms. The fraction of sp³-hybridized carbons (Fsp3) is 0.222. The maximum absolute atomic E-state index is 15.8. The standard InChI is InChI=1S/C18H16FNO4S2/c1-2-24-16(21)18(19,12-13-8-4-3-5-9-13)26(22,23)17-20-14-10-6-7-11-15(14)25-17/h3-11H,2,12H2,1H3. The molecule has 1 atom stereocenters. The van der Waals surface area contributed by atoms with E-state index in [-0.39, 0.29) is 6.61 Å². The van der Waals surface area contributed by atoms with E-state index in [1.807, 2.05) is 0 Å². The molecule has 0 N–H and O–H groups in total. The van der Waals surface area contributed by atoms with Gasteiger partial charge in [-0.3, -0.25) is 0 Å². The number of halogens is 1. The second-order valence-corrected chi connectivity index (χ2v) is 8.89. The van der Waals surface area contributed by atoms with Crippen molar-refractivity contribution in [2.24, 2.45) is 0 Å². The highest BCUT2D eigenvalue weighted by molar-refractivity contribution is 7.95. The second kappa shape index (κ2) is 7.13. The number of sulfone groups is 1. The average Bonchev–Trinajstić information content (AvgIpc) is 3.07. The van der Waals surface area contributed by atoms with E-state index in [1.165, 1.54) is 6.92 Å². The maximum Gasteiger partial charge on any atom is 0.360 e. The summed E-state index contributed by atoms with van der Waals surface area (Å²) >= 11 is 0.830. The van der Waals surface area contributed by atoms with Crippen LogP contribution in [0.4, 0.5) is 4.39 Å². The number of fused-ring (bicyclic) bond motifs is 1. The largest absolute Gasteiger partial charge is 0.463 e. The lowest BCUT2D eigenvalue weighted by molar-refractivity contribution is -0.151. The molecule has 26 heavy (non-hydrogen) atoms. The highest BCUT2D eigenvalue weighted by Crippen LogP contribution is 2.36. The zero-order valence-electron chi connectivity index (χ0n) is 13.9. The summed E-state index contributed by atoms with van der Waals surface area (Å²) in [6, 6.07) is 14.9. The molecule has 0 amide bonds. The van der Waals surface area contributed by atoms with Gasteiger partial charge < -0.3 is 4.74 Å². The predicted octanol–water partition coefficient (Wildman–Crippen LogP) is 3.54. The summed E-state index contributed by atoms with van der Waals surface area (Å²) in [6.07, 6.45) is -0.648. The Balaban J connectivity index is 2.11. The third-order valence-corrected chi connectivity index (χ3v) is 7.24. The van der Waals surface area contributed by atoms with Gasteiger partial charge in [-0.25, -0.2) is 22.6 Å². The van der Waals surface area contributed by atoms with Gasteiger partial charge in [-0.1, -0.05) is 42.5 Å². The highest BCUT2D eigenvalue weighted by atomic mass is 32.2. The van der Waals surface area contributed by atoms with Crippen LogP contribution in [0.1, 0.15) is 12.5 Å². The zero-order valence-corrected chi connectivity index (χ0v) is 15.5. The summed E-state index contributed by atoms with van der Waals surface area (Å²) in [7, 11) is -4.72. The molecule has 1 unspecified atom stereocenters. The number of ether oxygens (including phenoxy) is 1. The van der Waals surface area contributed by atoms with Crippen molar-refractivity contribution < 1.29 is 22.3 Å². The van der Waals surface area contributed by atoms with E-state index >= 15 is 4.39 Å². The van der Waals surface area contributed by atoms with Gasteiger partial charge in [0, 0.05) is 6.42 Å². The first-order chi connectivity index (χ1) is 12.4. The summed E-state index contributed by atoms with van der Waals surface area (Å²) in [5.74, 6) is -1.43. The van der Waals surface area contributed by atoms with Crippen LogP contribution in [0.3, 0.4) is 0 Å². The normalized spacial score (nSPS) is 14.1. The molecular formula is C18H16FNO4S2. The van der Waals surface area contributed by atoms with Crippen molar-refractivity contribution in [2.45, 2.75) is 22.7 Å². The molecule has 5 nitrogen and oxygen atoms in total. The molecule has 3 rings (SSSR count). The highest BCUT2D eigenvalue weighted by Gasteiger charge is 2.55. The average molecular weight is 393 g/mol. The number of hydrogen-bond acceptors (Lipinski definition) is 6. The summed E-state index contributed by atoms with van der Waals surface area (Å²) in [5, 5.41) is -3.25. The maximum atomic E-state index is 15.8. The molecule has 0 saturated carbocycles. The number of benzene rings is 2. The first-order valence-electron chi connectivity index (χ1n) is 7.89. The predicted molar refractivity (Wildman–Crippen MR) is 97.4 cm³/mol. The Morgan fingerprint density at radius 3 is 2.46 bits per heavy atom. The third kappa shape index (κ3) is 3.22. The molecule has 0 spiro atoms. The number of carbonyl (C=O) groups excluding carboxylic acids is 1. The van der Waals surface area contributed by atoms with Crippen molar-refractivity contribution in [2.75, 3.05) is 6.61 Å². The van der Waals surface area contributed by atoms with Gasteiger partial charge in [-0.15, -0.1) is 11.3 Å². The van der Waals surface area contributed by atoms with Crippen LogP contribution >= 0.6 is 11.3 Å². The first kappa shape index (κ1) is 18.5. The molecule has 0 aliphatic rings. The number of aromatic nitrogens is 1. The molecule has 1 heterocycles. The monoisotopic (exact) mass is 393 g/mol. The minimum Gasteiger partial charge on any atom is -0.463 e. The van der Waals surface area contributed by atoms with Gasteiger partial charge in [0.2, 0.25) is 4.34 Å². The molecule has 0 aliphatic heterocycles. The number of nitrogens with zero attached hydrogens (tertiary/aromatic N) is 1. The van der Waals surface area contributed by atoms with Crippen molar-refractivity contribution in [3.63, 3.8) is 0 Å². The fourth-order valence-electron chi connectivity index (χ4n) is 2.48. The van der Waals surface area contributed by atoms with Crippen LogP contribution in [0.25, 0.3) is 10.2 Å². The van der Waals surface area contributed by atoms with Crippen LogP contribution in [0, 0.1) is 0 Å². The van der Waals surface area contributed by atoms with Crippen molar-refractivity contribution in [3.05, 3.63) is 60.2 Å². The molecule has 0 radical (unpaired) electrons. The lowest BCUT2D eigenvalue weighted by atomic mass is 10.1. The van der Waals surface area contributed by atoms with Crippen LogP contribution in [-0.2, 0) is 25.8 Å². The summed E-state index contributed by atoms with van der Waals surface area (Å²) < 4.78 is 46.7. The Bertz CT molecular complexity index is 1000. The zero-order chi connectivity index (χ0) is 18.8. The Kier molecular flexibility index (Phi) is 5.06. The van der Waals surface area contributed by atoms with Gasteiger partial charge >= 0.3 is 11.0 Å². The second-order valence-electron chi connectivity index (χ2n) is 5.56. The molecule has 136 valence electrons. The van der Waals surface area contributed by atoms with E-state index in [9.17, 15) is 13.2 Å². The number of para-hydroxylation sites is 1. The molecule has 1 aromatic heterocycles. The molecule has 2 aromatic carbocycles. The van der Waals surface area contributed by atoms with Crippen LogP contribution in [0.5, 0.6) is 0 Å². The van der Waals surface area contributed by atoms with E-state index in [2.05, 4.69) is 4.98 Å². The van der Waals surface area contributed by atoms with E-state index in [4.69, 9.17) is 4.74 Å². The van der Waals surface area contributed by atoms with Gasteiger partial charge in [0.1, 0.15) is 0 Å². The van der Waals surface area contributed by atoms with Crippen LogP contribution < -0.4 is 0 Å². The van der Waals surface area contributed by atoms with E-state index in [0.717, 1.165) is 11.3 Å². The van der Waals surface area contributed by atoms with Crippen molar-refractivity contribution >= 4 is 37.4 Å². The Morgan fingerprint density at radius 2 is 1.81 bits per heavy atom. The van der Waals surface area contributed by atoms with Crippen molar-refractivity contribution in [1.82, 2.24) is 4.98 Å². The number of rotatable bonds is 6. The fourth-order valence-corrected chi connectivity index (χ4v) is 5.41. The number of carbonyl (C=O) groups is 1.